The maximum atomic E-state index is 9.39. The third-order valence-corrected chi connectivity index (χ3v) is 12.7. The molecule has 89 heavy (non-hydrogen) atoms. The molecular formula is C67H98O22. The lowest BCUT2D eigenvalue weighted by Gasteiger charge is -2.34. The van der Waals surface area contributed by atoms with Gasteiger partial charge in [-0.3, -0.25) is 0 Å². The Labute approximate surface area is 525 Å². The molecule has 22 heteroatoms. The van der Waals surface area contributed by atoms with Gasteiger partial charge in [0.2, 0.25) is 0 Å². The smallest absolute Gasteiger partial charge is 0.119 e. The summed E-state index contributed by atoms with van der Waals surface area (Å²) in [7, 11) is 0. The predicted molar refractivity (Wildman–Crippen MR) is 332 cm³/mol. The van der Waals surface area contributed by atoms with Crippen molar-refractivity contribution in [3.63, 3.8) is 0 Å². The highest BCUT2D eigenvalue weighted by Gasteiger charge is 2.32. The first-order valence-electron chi connectivity index (χ1n) is 30.5. The molecule has 498 valence electrons. The molecule has 0 radical (unpaired) electrons. The third-order valence-electron chi connectivity index (χ3n) is 12.7. The topological polar surface area (TPSA) is 258 Å². The van der Waals surface area contributed by atoms with Gasteiger partial charge in [-0.1, -0.05) is 97.9 Å². The highest BCUT2D eigenvalue weighted by atomic mass is 16.6. The normalized spacial score (nSPS) is 13.7. The van der Waals surface area contributed by atoms with E-state index >= 15 is 0 Å². The Morgan fingerprint density at radius 3 is 0.663 bits per heavy atom. The first-order chi connectivity index (χ1) is 43.9. The summed E-state index contributed by atoms with van der Waals surface area (Å²) in [5.41, 5.74) is -0.578. The van der Waals surface area contributed by atoms with Gasteiger partial charge in [0.15, 0.2) is 0 Å². The Balaban J connectivity index is 0.000000397. The predicted octanol–water partition coefficient (Wildman–Crippen LogP) is 5.77. The Hall–Kier alpha value is -5.58. The second kappa shape index (κ2) is 52.1. The fraction of sp³-hybridized carbons (Fsp3) is 0.552. The molecule has 0 fully saturated rings. The van der Waals surface area contributed by atoms with Crippen molar-refractivity contribution in [1.82, 2.24) is 0 Å². The number of hydrogen-bond donors (Lipinski definition) is 5. The SMILES string of the molecule is CCC(COCC(COc1ccccc1)OCCO)(COCC(COc1ccccc1)OCCO)COCC(COc1ccccc1)OCCO.OCCOC(COCCOCCOCCOCC(COc1ccccc1)OCCO)COc1ccccc1. The molecule has 5 aromatic carbocycles. The lowest BCUT2D eigenvalue weighted by molar-refractivity contribution is -0.122. The maximum absolute atomic E-state index is 9.39. The second-order valence-corrected chi connectivity index (χ2v) is 20.0. The van der Waals surface area contributed by atoms with E-state index in [9.17, 15) is 15.3 Å². The Kier molecular flexibility index (Phi) is 44.4. The fourth-order valence-electron chi connectivity index (χ4n) is 7.99. The minimum absolute atomic E-state index is 0.0588. The first-order valence-corrected chi connectivity index (χ1v) is 30.5. The molecule has 5 atom stereocenters. The van der Waals surface area contributed by atoms with Gasteiger partial charge in [0.1, 0.15) is 92.3 Å². The summed E-state index contributed by atoms with van der Waals surface area (Å²) < 4.78 is 98.9. The van der Waals surface area contributed by atoms with Gasteiger partial charge in [-0.15, -0.1) is 0 Å². The van der Waals surface area contributed by atoms with Crippen LogP contribution in [0.4, 0.5) is 0 Å². The minimum atomic E-state index is -0.578. The summed E-state index contributed by atoms with van der Waals surface area (Å²) in [6.45, 7) is 8.57. The summed E-state index contributed by atoms with van der Waals surface area (Å²) in [5.74, 6) is 3.64. The van der Waals surface area contributed by atoms with Gasteiger partial charge in [-0.2, -0.15) is 0 Å². The molecule has 0 spiro atoms. The molecule has 5 N–H and O–H groups in total. The zero-order chi connectivity index (χ0) is 63.2. The van der Waals surface area contributed by atoms with Crippen molar-refractivity contribution in [3.8, 4) is 28.7 Å². The van der Waals surface area contributed by atoms with E-state index in [4.69, 9.17) is 90.7 Å². The van der Waals surface area contributed by atoms with Crippen molar-refractivity contribution in [3.05, 3.63) is 152 Å². The van der Waals surface area contributed by atoms with E-state index in [1.807, 2.05) is 159 Å². The lowest BCUT2D eigenvalue weighted by atomic mass is 9.88. The van der Waals surface area contributed by atoms with Crippen LogP contribution in [0.15, 0.2) is 152 Å². The van der Waals surface area contributed by atoms with E-state index in [1.54, 1.807) is 0 Å². The van der Waals surface area contributed by atoms with E-state index in [0.717, 1.165) is 11.5 Å². The Morgan fingerprint density at radius 1 is 0.258 bits per heavy atom. The van der Waals surface area contributed by atoms with Crippen LogP contribution in [0.5, 0.6) is 28.7 Å². The molecule has 0 aromatic heterocycles. The van der Waals surface area contributed by atoms with E-state index in [0.29, 0.717) is 89.7 Å². The van der Waals surface area contributed by atoms with Crippen molar-refractivity contribution < 1.29 is 106 Å². The minimum Gasteiger partial charge on any atom is -0.491 e. The van der Waals surface area contributed by atoms with Gasteiger partial charge in [0, 0.05) is 5.41 Å². The molecule has 22 nitrogen and oxygen atoms in total. The molecule has 0 amide bonds. The number of rotatable bonds is 56. The summed E-state index contributed by atoms with van der Waals surface area (Å²) in [6, 6.07) is 47.3. The molecular weight excluding hydrogens is 1160 g/mol. The molecule has 0 aliphatic rings. The van der Waals surface area contributed by atoms with Crippen LogP contribution in [-0.2, 0) is 56.8 Å². The molecule has 5 unspecified atom stereocenters. The second-order valence-electron chi connectivity index (χ2n) is 20.0. The van der Waals surface area contributed by atoms with Gasteiger partial charge in [-0.05, 0) is 67.1 Å². The Bertz CT molecular complexity index is 2090. The van der Waals surface area contributed by atoms with Crippen molar-refractivity contribution in [2.75, 3.05) is 192 Å². The van der Waals surface area contributed by atoms with Crippen LogP contribution in [0.1, 0.15) is 13.3 Å². The zero-order valence-electron chi connectivity index (χ0n) is 51.7. The molecule has 0 saturated heterocycles. The fourth-order valence-corrected chi connectivity index (χ4v) is 7.99. The molecule has 0 aliphatic heterocycles. The zero-order valence-corrected chi connectivity index (χ0v) is 51.7. The average Bonchev–Trinajstić information content (AvgIpc) is 3.76. The highest BCUT2D eigenvalue weighted by molar-refractivity contribution is 5.23. The average molecular weight is 1260 g/mol. The first kappa shape index (κ1) is 75.9. The van der Waals surface area contributed by atoms with Crippen LogP contribution in [0.3, 0.4) is 0 Å². The molecule has 0 saturated carbocycles. The summed E-state index contributed by atoms with van der Waals surface area (Å²) in [4.78, 5) is 0. The van der Waals surface area contributed by atoms with Crippen LogP contribution in [0.25, 0.3) is 0 Å². The van der Waals surface area contributed by atoms with Crippen LogP contribution in [0.2, 0.25) is 0 Å². The summed E-state index contributed by atoms with van der Waals surface area (Å²) in [6.07, 6.45) is -1.20. The van der Waals surface area contributed by atoms with Crippen LogP contribution in [0, 0.1) is 5.41 Å². The van der Waals surface area contributed by atoms with Crippen LogP contribution < -0.4 is 23.7 Å². The van der Waals surface area contributed by atoms with Gasteiger partial charge >= 0.3 is 0 Å². The van der Waals surface area contributed by atoms with Crippen molar-refractivity contribution >= 4 is 0 Å². The molecule has 0 bridgehead atoms. The van der Waals surface area contributed by atoms with E-state index in [1.165, 1.54) is 0 Å². The Morgan fingerprint density at radius 2 is 0.461 bits per heavy atom. The molecule has 0 aliphatic carbocycles. The number of ether oxygens (including phenoxy) is 17. The van der Waals surface area contributed by atoms with Gasteiger partial charge in [0.25, 0.3) is 0 Å². The largest absolute Gasteiger partial charge is 0.491 e. The lowest BCUT2D eigenvalue weighted by Crippen LogP contribution is -2.41. The van der Waals surface area contributed by atoms with Gasteiger partial charge in [-0.25, -0.2) is 0 Å². The van der Waals surface area contributed by atoms with E-state index in [-0.39, 0.29) is 138 Å². The molecule has 5 rings (SSSR count). The summed E-state index contributed by atoms with van der Waals surface area (Å²) in [5, 5.41) is 46.2. The van der Waals surface area contributed by atoms with Crippen LogP contribution >= 0.6 is 0 Å². The standard InChI is InChI=1S/C39H56O12.C28H42O10/c1-2-39(30-43-24-36(46-21-18-40)27-49-33-12-6-3-7-13-33,31-44-25-37(47-22-19-41)28-50-34-14-8-4-9-15-34)32-45-26-38(48-23-20-42)29-51-35-16-10-5-11-17-35;29-11-13-35-27(23-37-25-7-3-1-4-8-25)21-33-19-17-31-15-16-32-18-20-34-22-28(36-14-12-30)24-38-26-9-5-2-6-10-26/h3-17,36-38,40-42H,2,18-32H2,1H3;1-10,27-30H,11-24H2. The van der Waals surface area contributed by atoms with Crippen LogP contribution in [-0.4, -0.2) is 248 Å². The number of para-hydroxylation sites is 5. The molecule has 5 aromatic rings. The number of aliphatic hydroxyl groups is 5. The van der Waals surface area contributed by atoms with Gasteiger partial charge in [0.05, 0.1) is 159 Å². The number of hydrogen-bond acceptors (Lipinski definition) is 22. The maximum Gasteiger partial charge on any atom is 0.119 e. The number of benzene rings is 5. The monoisotopic (exact) mass is 1250 g/mol. The quantitative estimate of drug-likeness (QED) is 0.0290. The van der Waals surface area contributed by atoms with Crippen molar-refractivity contribution in [2.45, 2.75) is 43.9 Å². The highest BCUT2D eigenvalue weighted by Crippen LogP contribution is 2.26. The summed E-state index contributed by atoms with van der Waals surface area (Å²) >= 11 is 0. The third kappa shape index (κ3) is 38.0. The van der Waals surface area contributed by atoms with Crippen molar-refractivity contribution in [1.29, 1.82) is 0 Å². The van der Waals surface area contributed by atoms with Crippen molar-refractivity contribution in [2.24, 2.45) is 5.41 Å². The molecule has 0 heterocycles. The number of aliphatic hydroxyl groups excluding tert-OH is 5. The van der Waals surface area contributed by atoms with E-state index in [2.05, 4.69) is 0 Å². The van der Waals surface area contributed by atoms with E-state index < -0.39 is 23.7 Å². The van der Waals surface area contributed by atoms with Gasteiger partial charge < -0.3 is 106 Å².